The molecule has 0 amide bonds. The van der Waals surface area contributed by atoms with E-state index in [0.717, 1.165) is 9.86 Å². The lowest BCUT2D eigenvalue weighted by Crippen LogP contribution is -2.20. The molecule has 0 aliphatic heterocycles. The summed E-state index contributed by atoms with van der Waals surface area (Å²) in [6, 6.07) is 17.9. The first-order valence-electron chi connectivity index (χ1n) is 11.8. The Labute approximate surface area is 239 Å². The van der Waals surface area contributed by atoms with Crippen molar-refractivity contribution in [3.8, 4) is 23.1 Å². The number of hydrogen-bond donors (Lipinski definition) is 0. The molecule has 0 saturated heterocycles. The number of furan rings is 1. The highest BCUT2D eigenvalue weighted by Crippen LogP contribution is 2.36. The van der Waals surface area contributed by atoms with Crippen LogP contribution in [0.25, 0.3) is 33.5 Å². The van der Waals surface area contributed by atoms with E-state index >= 15 is 0 Å². The monoisotopic (exact) mass is 653 g/mol. The Morgan fingerprint density at radius 1 is 1.13 bits per heavy atom. The SMILES string of the molecule is CCOC(=O)COc1c(Br)cc(C=Nn2c(-c3cc4cc(Br)ccc4o3)nc3ccccc3c2=O)cc1OC. The fraction of sp³-hybridized carbons (Fsp3) is 0.143. The summed E-state index contributed by atoms with van der Waals surface area (Å²) in [5.74, 6) is 0.849. The average Bonchev–Trinajstić information content (AvgIpc) is 3.34. The summed E-state index contributed by atoms with van der Waals surface area (Å²) < 4.78 is 24.7. The number of nitrogens with zero attached hydrogens (tertiary/aromatic N) is 3. The minimum atomic E-state index is -0.495. The molecule has 0 saturated carbocycles. The number of esters is 1. The third-order valence-electron chi connectivity index (χ3n) is 5.67. The molecule has 5 aromatic rings. The maximum absolute atomic E-state index is 13.5. The second-order valence-corrected chi connectivity index (χ2v) is 10.0. The van der Waals surface area contributed by atoms with E-state index in [0.29, 0.717) is 43.8 Å². The number of benzene rings is 3. The molecule has 0 unspecified atom stereocenters. The molecule has 2 aromatic heterocycles. The summed E-state index contributed by atoms with van der Waals surface area (Å²) in [6.07, 6.45) is 1.50. The number of hydrogen-bond acceptors (Lipinski definition) is 8. The Kier molecular flexibility index (Phi) is 7.80. The van der Waals surface area contributed by atoms with Crippen molar-refractivity contribution in [2.75, 3.05) is 20.3 Å². The van der Waals surface area contributed by atoms with Crippen molar-refractivity contribution in [3.05, 3.63) is 85.5 Å². The van der Waals surface area contributed by atoms with E-state index in [1.807, 2.05) is 30.3 Å². The fourth-order valence-electron chi connectivity index (χ4n) is 3.93. The molecule has 0 aliphatic rings. The van der Waals surface area contributed by atoms with Crippen molar-refractivity contribution < 1.29 is 23.4 Å². The summed E-state index contributed by atoms with van der Waals surface area (Å²) in [5.41, 5.74) is 1.42. The van der Waals surface area contributed by atoms with Crippen LogP contribution in [0.4, 0.5) is 0 Å². The Hall–Kier alpha value is -3.96. The lowest BCUT2D eigenvalue weighted by Gasteiger charge is -2.13. The van der Waals surface area contributed by atoms with E-state index in [1.165, 1.54) is 18.0 Å². The van der Waals surface area contributed by atoms with Crippen LogP contribution < -0.4 is 15.0 Å². The molecular weight excluding hydrogens is 634 g/mol. The Balaban J connectivity index is 1.57. The van der Waals surface area contributed by atoms with Crippen LogP contribution in [0.2, 0.25) is 0 Å². The quantitative estimate of drug-likeness (QED) is 0.146. The Morgan fingerprint density at radius 2 is 1.95 bits per heavy atom. The van der Waals surface area contributed by atoms with E-state index in [-0.39, 0.29) is 24.6 Å². The largest absolute Gasteiger partial charge is 0.493 e. The number of ether oxygens (including phenoxy) is 3. The lowest BCUT2D eigenvalue weighted by molar-refractivity contribution is -0.145. The molecule has 0 spiro atoms. The second kappa shape index (κ2) is 11.4. The molecule has 0 bridgehead atoms. The summed E-state index contributed by atoms with van der Waals surface area (Å²) in [7, 11) is 1.48. The van der Waals surface area contributed by atoms with Crippen molar-refractivity contribution in [1.29, 1.82) is 0 Å². The predicted octanol–water partition coefficient (Wildman–Crippen LogP) is 6.17. The van der Waals surface area contributed by atoms with Crippen molar-refractivity contribution in [2.45, 2.75) is 6.92 Å². The highest BCUT2D eigenvalue weighted by molar-refractivity contribution is 9.10. The van der Waals surface area contributed by atoms with Gasteiger partial charge in [0.15, 0.2) is 23.9 Å². The van der Waals surface area contributed by atoms with Gasteiger partial charge in [-0.05, 0) is 76.9 Å². The van der Waals surface area contributed by atoms with Crippen molar-refractivity contribution in [1.82, 2.24) is 9.66 Å². The van der Waals surface area contributed by atoms with Gasteiger partial charge >= 0.3 is 5.97 Å². The first-order chi connectivity index (χ1) is 18.9. The number of rotatable bonds is 8. The van der Waals surface area contributed by atoms with Gasteiger partial charge in [-0.3, -0.25) is 4.79 Å². The molecule has 39 heavy (non-hydrogen) atoms. The van der Waals surface area contributed by atoms with Crippen molar-refractivity contribution in [3.63, 3.8) is 0 Å². The number of carbonyl (C=O) groups excluding carboxylic acids is 1. The minimum Gasteiger partial charge on any atom is -0.493 e. The third kappa shape index (κ3) is 5.59. The van der Waals surface area contributed by atoms with Crippen LogP contribution in [-0.4, -0.2) is 42.2 Å². The first kappa shape index (κ1) is 26.6. The second-order valence-electron chi connectivity index (χ2n) is 8.23. The normalized spacial score (nSPS) is 11.4. The van der Waals surface area contributed by atoms with Crippen LogP contribution in [0.3, 0.4) is 0 Å². The van der Waals surface area contributed by atoms with Crippen LogP contribution in [0.1, 0.15) is 12.5 Å². The topological polar surface area (TPSA) is 105 Å². The van der Waals surface area contributed by atoms with Gasteiger partial charge in [0.05, 0.1) is 35.3 Å². The number of fused-ring (bicyclic) bond motifs is 2. The standard InChI is InChI=1S/C28H21Br2N3O6/c1-3-37-25(34)15-38-26-20(30)10-16(11-23(26)36-2)14-31-33-27(32-21-7-5-4-6-19(21)28(33)35)24-13-17-12-18(29)8-9-22(17)39-24/h4-14H,3,15H2,1-2H3. The number of para-hydroxylation sites is 1. The molecule has 5 rings (SSSR count). The maximum atomic E-state index is 13.5. The van der Waals surface area contributed by atoms with Crippen LogP contribution >= 0.6 is 31.9 Å². The first-order valence-corrected chi connectivity index (χ1v) is 13.4. The van der Waals surface area contributed by atoms with Gasteiger partial charge in [-0.2, -0.15) is 9.78 Å². The van der Waals surface area contributed by atoms with E-state index in [2.05, 4.69) is 37.0 Å². The van der Waals surface area contributed by atoms with Gasteiger partial charge in [0.25, 0.3) is 5.56 Å². The van der Waals surface area contributed by atoms with E-state index in [9.17, 15) is 9.59 Å². The molecule has 0 atom stereocenters. The molecule has 0 fully saturated rings. The average molecular weight is 655 g/mol. The minimum absolute atomic E-state index is 0.252. The summed E-state index contributed by atoms with van der Waals surface area (Å²) in [4.78, 5) is 30.0. The van der Waals surface area contributed by atoms with Gasteiger partial charge in [-0.1, -0.05) is 28.1 Å². The molecule has 0 N–H and O–H groups in total. The summed E-state index contributed by atoms with van der Waals surface area (Å²) in [5, 5.41) is 5.76. The molecule has 3 aromatic carbocycles. The van der Waals surface area contributed by atoms with Gasteiger partial charge in [0.2, 0.25) is 5.82 Å². The molecule has 198 valence electrons. The molecule has 0 radical (unpaired) electrons. The fourth-order valence-corrected chi connectivity index (χ4v) is 4.88. The molecule has 9 nitrogen and oxygen atoms in total. The van der Waals surface area contributed by atoms with E-state index < -0.39 is 5.97 Å². The smallest absolute Gasteiger partial charge is 0.344 e. The summed E-state index contributed by atoms with van der Waals surface area (Å²) in [6.45, 7) is 1.70. The number of carbonyl (C=O) groups is 1. The van der Waals surface area contributed by atoms with E-state index in [4.69, 9.17) is 23.6 Å². The maximum Gasteiger partial charge on any atom is 0.344 e. The molecular formula is C28H21Br2N3O6. The van der Waals surface area contributed by atoms with Crippen molar-refractivity contribution in [2.24, 2.45) is 5.10 Å². The Bertz CT molecular complexity index is 1790. The van der Waals surface area contributed by atoms with Gasteiger partial charge in [0, 0.05) is 9.86 Å². The van der Waals surface area contributed by atoms with Crippen LogP contribution in [-0.2, 0) is 9.53 Å². The predicted molar refractivity (Wildman–Crippen MR) is 155 cm³/mol. The lowest BCUT2D eigenvalue weighted by atomic mass is 10.2. The Morgan fingerprint density at radius 3 is 2.74 bits per heavy atom. The number of aromatic nitrogens is 2. The third-order valence-corrected chi connectivity index (χ3v) is 6.75. The van der Waals surface area contributed by atoms with Gasteiger partial charge in [-0.25, -0.2) is 9.78 Å². The number of halogens is 2. The number of methoxy groups -OCH3 is 1. The van der Waals surface area contributed by atoms with E-state index in [1.54, 1.807) is 37.3 Å². The van der Waals surface area contributed by atoms with Gasteiger partial charge < -0.3 is 18.6 Å². The van der Waals surface area contributed by atoms with Crippen LogP contribution in [0.5, 0.6) is 11.5 Å². The zero-order valence-electron chi connectivity index (χ0n) is 20.8. The highest BCUT2D eigenvalue weighted by atomic mass is 79.9. The van der Waals surface area contributed by atoms with Crippen LogP contribution in [0, 0.1) is 0 Å². The van der Waals surface area contributed by atoms with Gasteiger partial charge in [-0.15, -0.1) is 0 Å². The zero-order chi connectivity index (χ0) is 27.5. The van der Waals surface area contributed by atoms with Gasteiger partial charge in [0.1, 0.15) is 5.58 Å². The highest BCUT2D eigenvalue weighted by Gasteiger charge is 2.17. The zero-order valence-corrected chi connectivity index (χ0v) is 24.0. The molecule has 11 heteroatoms. The molecule has 0 aliphatic carbocycles. The van der Waals surface area contributed by atoms with Crippen LogP contribution in [0.15, 0.2) is 83.9 Å². The molecule has 2 heterocycles. The summed E-state index contributed by atoms with van der Waals surface area (Å²) >= 11 is 6.93. The van der Waals surface area contributed by atoms with Crippen molar-refractivity contribution >= 4 is 65.9 Å².